The highest BCUT2D eigenvalue weighted by Gasteiger charge is 2.10. The quantitative estimate of drug-likeness (QED) is 0.582. The number of benzene rings is 2. The second-order valence-corrected chi connectivity index (χ2v) is 5.44. The van der Waals surface area contributed by atoms with Crippen molar-refractivity contribution in [2.75, 3.05) is 13.2 Å². The molecule has 1 amide bonds. The highest BCUT2D eigenvalue weighted by atomic mass is 16.5. The largest absolute Gasteiger partial charge is 0.490 e. The summed E-state index contributed by atoms with van der Waals surface area (Å²) in [6.07, 6.45) is 1.54. The van der Waals surface area contributed by atoms with E-state index in [9.17, 15) is 10.1 Å². The van der Waals surface area contributed by atoms with Gasteiger partial charge in [0.15, 0.2) is 11.5 Å². The number of amides is 1. The van der Waals surface area contributed by atoms with Gasteiger partial charge < -0.3 is 14.8 Å². The molecule has 0 heterocycles. The maximum Gasteiger partial charge on any atom is 0.261 e. The van der Waals surface area contributed by atoms with Gasteiger partial charge in [-0.3, -0.25) is 4.79 Å². The van der Waals surface area contributed by atoms with Gasteiger partial charge in [0.2, 0.25) is 0 Å². The van der Waals surface area contributed by atoms with Gasteiger partial charge in [-0.05, 0) is 43.2 Å². The van der Waals surface area contributed by atoms with Crippen molar-refractivity contribution in [1.29, 1.82) is 5.26 Å². The van der Waals surface area contributed by atoms with Crippen LogP contribution in [-0.2, 0) is 11.4 Å². The Kier molecular flexibility index (Phi) is 7.26. The van der Waals surface area contributed by atoms with Gasteiger partial charge >= 0.3 is 0 Å². The fraction of sp³-hybridized carbons (Fsp3) is 0.238. The molecule has 0 aliphatic carbocycles. The third-order valence-corrected chi connectivity index (χ3v) is 3.52. The molecule has 26 heavy (non-hydrogen) atoms. The maximum atomic E-state index is 11.9. The summed E-state index contributed by atoms with van der Waals surface area (Å²) in [5.74, 6) is 0.798. The molecule has 0 aliphatic heterocycles. The van der Waals surface area contributed by atoms with Crippen LogP contribution in [0.3, 0.4) is 0 Å². The van der Waals surface area contributed by atoms with Crippen LogP contribution >= 0.6 is 0 Å². The number of carbonyl (C=O) groups excluding carboxylic acids is 1. The van der Waals surface area contributed by atoms with Gasteiger partial charge in [-0.1, -0.05) is 36.4 Å². The Labute approximate surface area is 153 Å². The first-order valence-corrected chi connectivity index (χ1v) is 8.51. The number of nitrogens with one attached hydrogen (secondary N) is 1. The van der Waals surface area contributed by atoms with Crippen molar-refractivity contribution in [3.05, 3.63) is 65.2 Å². The third kappa shape index (κ3) is 5.38. The summed E-state index contributed by atoms with van der Waals surface area (Å²) in [5.41, 5.74) is 1.80. The zero-order valence-corrected chi connectivity index (χ0v) is 15.0. The Balaban J connectivity index is 2.22. The minimum atomic E-state index is -0.391. The number of nitrogens with zero attached hydrogens (tertiary/aromatic N) is 1. The molecule has 0 atom stereocenters. The first kappa shape index (κ1) is 19.1. The molecule has 5 nitrogen and oxygen atoms in total. The van der Waals surface area contributed by atoms with Crippen molar-refractivity contribution in [2.45, 2.75) is 20.5 Å². The second kappa shape index (κ2) is 9.90. The van der Waals surface area contributed by atoms with Gasteiger partial charge in [-0.25, -0.2) is 0 Å². The summed E-state index contributed by atoms with van der Waals surface area (Å²) < 4.78 is 11.5. The van der Waals surface area contributed by atoms with Crippen LogP contribution in [0, 0.1) is 11.3 Å². The predicted octanol–water partition coefficient (Wildman–Crippen LogP) is 3.71. The average Bonchev–Trinajstić information content (AvgIpc) is 2.66. The first-order chi connectivity index (χ1) is 12.7. The van der Waals surface area contributed by atoms with Crippen LogP contribution in [0.15, 0.2) is 54.1 Å². The predicted molar refractivity (Wildman–Crippen MR) is 101 cm³/mol. The van der Waals surface area contributed by atoms with Crippen molar-refractivity contribution in [3.63, 3.8) is 0 Å². The highest BCUT2D eigenvalue weighted by molar-refractivity contribution is 6.01. The number of carbonyl (C=O) groups is 1. The van der Waals surface area contributed by atoms with E-state index in [1.165, 1.54) is 6.08 Å². The number of rotatable bonds is 8. The summed E-state index contributed by atoms with van der Waals surface area (Å²) in [6, 6.07) is 17.1. The van der Waals surface area contributed by atoms with Crippen molar-refractivity contribution < 1.29 is 14.3 Å². The fourth-order valence-corrected chi connectivity index (χ4v) is 2.31. The molecule has 0 fully saturated rings. The van der Waals surface area contributed by atoms with Crippen molar-refractivity contribution in [3.8, 4) is 17.6 Å². The molecule has 2 aromatic carbocycles. The second-order valence-electron chi connectivity index (χ2n) is 5.44. The van der Waals surface area contributed by atoms with E-state index in [0.29, 0.717) is 36.8 Å². The lowest BCUT2D eigenvalue weighted by atomic mass is 10.1. The van der Waals surface area contributed by atoms with Gasteiger partial charge in [0, 0.05) is 6.54 Å². The number of hydrogen-bond donors (Lipinski definition) is 1. The van der Waals surface area contributed by atoms with E-state index >= 15 is 0 Å². The minimum Gasteiger partial charge on any atom is -0.490 e. The molecule has 0 aliphatic rings. The molecule has 5 heteroatoms. The van der Waals surface area contributed by atoms with E-state index in [4.69, 9.17) is 9.47 Å². The van der Waals surface area contributed by atoms with Gasteiger partial charge in [-0.2, -0.15) is 5.26 Å². The number of hydrogen-bond acceptors (Lipinski definition) is 4. The van der Waals surface area contributed by atoms with Gasteiger partial charge in [0.1, 0.15) is 18.2 Å². The molecular weight excluding hydrogens is 328 g/mol. The van der Waals surface area contributed by atoms with Crippen molar-refractivity contribution >= 4 is 12.0 Å². The molecule has 0 aromatic heterocycles. The minimum absolute atomic E-state index is 0.0484. The summed E-state index contributed by atoms with van der Waals surface area (Å²) >= 11 is 0. The molecule has 0 saturated heterocycles. The van der Waals surface area contributed by atoms with Crippen molar-refractivity contribution in [1.82, 2.24) is 5.32 Å². The highest BCUT2D eigenvalue weighted by Crippen LogP contribution is 2.30. The Bertz CT molecular complexity index is 808. The molecule has 0 radical (unpaired) electrons. The Hall–Kier alpha value is -3.26. The molecule has 0 unspecified atom stereocenters. The molecule has 0 spiro atoms. The van der Waals surface area contributed by atoms with E-state index in [1.54, 1.807) is 25.1 Å². The normalized spacial score (nSPS) is 10.7. The SMILES string of the molecule is CCNC(=O)/C(C#N)=C/c1ccc(OCc2ccccc2)c(OCC)c1. The molecule has 134 valence electrons. The molecule has 0 saturated carbocycles. The van der Waals surface area contributed by atoms with E-state index in [1.807, 2.05) is 43.3 Å². The summed E-state index contributed by atoms with van der Waals surface area (Å²) in [4.78, 5) is 11.9. The van der Waals surface area contributed by atoms with E-state index in [-0.39, 0.29) is 5.57 Å². The summed E-state index contributed by atoms with van der Waals surface area (Å²) in [5, 5.41) is 11.8. The van der Waals surface area contributed by atoms with E-state index < -0.39 is 5.91 Å². The van der Waals surface area contributed by atoms with Crippen LogP contribution in [0.4, 0.5) is 0 Å². The summed E-state index contributed by atoms with van der Waals surface area (Å²) in [7, 11) is 0. The van der Waals surface area contributed by atoms with Crippen LogP contribution in [0.5, 0.6) is 11.5 Å². The third-order valence-electron chi connectivity index (χ3n) is 3.52. The lowest BCUT2D eigenvalue weighted by molar-refractivity contribution is -0.116. The van der Waals surface area contributed by atoms with Crippen molar-refractivity contribution in [2.24, 2.45) is 0 Å². The van der Waals surface area contributed by atoms with Crippen LogP contribution in [0.2, 0.25) is 0 Å². The fourth-order valence-electron chi connectivity index (χ4n) is 2.31. The first-order valence-electron chi connectivity index (χ1n) is 8.51. The number of ether oxygens (including phenoxy) is 2. The number of nitriles is 1. The monoisotopic (exact) mass is 350 g/mol. The molecule has 2 rings (SSSR count). The molecule has 2 aromatic rings. The van der Waals surface area contributed by atoms with Gasteiger partial charge in [0.25, 0.3) is 5.91 Å². The molecule has 0 bridgehead atoms. The number of likely N-dealkylation sites (N-methyl/N-ethyl adjacent to an activating group) is 1. The van der Waals surface area contributed by atoms with Crippen LogP contribution in [0.1, 0.15) is 25.0 Å². The zero-order valence-electron chi connectivity index (χ0n) is 15.0. The smallest absolute Gasteiger partial charge is 0.261 e. The topological polar surface area (TPSA) is 71.4 Å². The Morgan fingerprint density at radius 2 is 1.88 bits per heavy atom. The van der Waals surface area contributed by atoms with Gasteiger partial charge in [-0.15, -0.1) is 0 Å². The average molecular weight is 350 g/mol. The molecule has 1 N–H and O–H groups in total. The Morgan fingerprint density at radius 1 is 1.12 bits per heavy atom. The zero-order chi connectivity index (χ0) is 18.8. The van der Waals surface area contributed by atoms with E-state index in [2.05, 4.69) is 5.32 Å². The van der Waals surface area contributed by atoms with Crippen LogP contribution in [0.25, 0.3) is 6.08 Å². The Morgan fingerprint density at radius 3 is 2.54 bits per heavy atom. The lowest BCUT2D eigenvalue weighted by Gasteiger charge is -2.13. The summed E-state index contributed by atoms with van der Waals surface area (Å²) in [6.45, 7) is 5.07. The lowest BCUT2D eigenvalue weighted by Crippen LogP contribution is -2.23. The standard InChI is InChI=1S/C21H22N2O3/c1-3-23-21(24)18(14-22)12-17-10-11-19(20(13-17)25-4-2)26-15-16-8-6-5-7-9-16/h5-13H,3-4,15H2,1-2H3,(H,23,24)/b18-12+. The molecular formula is C21H22N2O3. The van der Waals surface area contributed by atoms with Crippen LogP contribution < -0.4 is 14.8 Å². The van der Waals surface area contributed by atoms with Crippen LogP contribution in [-0.4, -0.2) is 19.1 Å². The maximum absolute atomic E-state index is 11.9. The van der Waals surface area contributed by atoms with E-state index in [0.717, 1.165) is 5.56 Å². The van der Waals surface area contributed by atoms with Gasteiger partial charge in [0.05, 0.1) is 6.61 Å².